The van der Waals surface area contributed by atoms with Crippen molar-refractivity contribution < 1.29 is 19.4 Å². The van der Waals surface area contributed by atoms with Crippen molar-refractivity contribution in [1.29, 1.82) is 0 Å². The van der Waals surface area contributed by atoms with Gasteiger partial charge in [0, 0.05) is 6.54 Å². The Bertz CT molecular complexity index is 325. The summed E-state index contributed by atoms with van der Waals surface area (Å²) in [6.45, 7) is 4.75. The lowest BCUT2D eigenvalue weighted by atomic mass is 9.79. The Morgan fingerprint density at radius 3 is 2.45 bits per heavy atom. The van der Waals surface area contributed by atoms with Crippen LogP contribution >= 0.6 is 0 Å². The minimum Gasteiger partial charge on any atom is -0.481 e. The molecule has 0 aromatic carbocycles. The summed E-state index contributed by atoms with van der Waals surface area (Å²) < 4.78 is 5.34. The fraction of sp³-hybridized carbons (Fsp3) is 0.857. The van der Waals surface area contributed by atoms with Gasteiger partial charge in [-0.25, -0.2) is 4.79 Å². The van der Waals surface area contributed by atoms with Crippen LogP contribution in [-0.2, 0) is 9.53 Å². The fourth-order valence-electron chi connectivity index (χ4n) is 2.61. The third kappa shape index (κ3) is 6.23. The molecule has 0 unspecified atom stereocenters. The number of carbonyl (C=O) groups excluding carboxylic acids is 1. The van der Waals surface area contributed by atoms with Gasteiger partial charge in [0.2, 0.25) is 0 Å². The summed E-state index contributed by atoms with van der Waals surface area (Å²) in [5, 5.41) is 14.6. The minimum absolute atomic E-state index is 0.0110. The van der Waals surface area contributed by atoms with Crippen LogP contribution in [-0.4, -0.2) is 41.9 Å². The molecule has 1 rings (SSSR count). The van der Waals surface area contributed by atoms with Crippen molar-refractivity contribution in [1.82, 2.24) is 10.6 Å². The van der Waals surface area contributed by atoms with Gasteiger partial charge in [-0.1, -0.05) is 19.3 Å². The van der Waals surface area contributed by atoms with Gasteiger partial charge in [-0.3, -0.25) is 4.79 Å². The first-order chi connectivity index (χ1) is 9.43. The Morgan fingerprint density at radius 2 is 1.90 bits per heavy atom. The summed E-state index contributed by atoms with van der Waals surface area (Å²) in [6.07, 6.45) is 4.62. The lowest BCUT2D eigenvalue weighted by Crippen LogP contribution is -2.54. The van der Waals surface area contributed by atoms with Crippen LogP contribution in [0.1, 0.15) is 52.4 Å². The van der Waals surface area contributed by atoms with Crippen LogP contribution in [0.15, 0.2) is 0 Å². The normalized spacial score (nSPS) is 17.8. The first-order valence-corrected chi connectivity index (χ1v) is 7.33. The van der Waals surface area contributed by atoms with Gasteiger partial charge in [-0.15, -0.1) is 0 Å². The van der Waals surface area contributed by atoms with Gasteiger partial charge >= 0.3 is 12.0 Å². The number of ether oxygens (including phenoxy) is 1. The van der Waals surface area contributed by atoms with E-state index in [0.29, 0.717) is 13.2 Å². The maximum absolute atomic E-state index is 11.9. The molecule has 0 aromatic rings. The lowest BCUT2D eigenvalue weighted by molar-refractivity contribution is -0.139. The van der Waals surface area contributed by atoms with E-state index in [4.69, 9.17) is 9.84 Å². The molecular formula is C14H26N2O4. The highest BCUT2D eigenvalue weighted by Crippen LogP contribution is 2.31. The van der Waals surface area contributed by atoms with Crippen molar-refractivity contribution in [2.45, 2.75) is 64.0 Å². The third-order valence-corrected chi connectivity index (χ3v) is 3.52. The summed E-state index contributed by atoms with van der Waals surface area (Å²) in [6, 6.07) is -0.305. The van der Waals surface area contributed by atoms with Crippen molar-refractivity contribution >= 4 is 12.0 Å². The van der Waals surface area contributed by atoms with Crippen molar-refractivity contribution in [3.63, 3.8) is 0 Å². The first-order valence-electron chi connectivity index (χ1n) is 7.33. The number of carbonyl (C=O) groups is 2. The van der Waals surface area contributed by atoms with E-state index >= 15 is 0 Å². The number of hydrogen-bond acceptors (Lipinski definition) is 3. The second kappa shape index (κ2) is 8.09. The monoisotopic (exact) mass is 286 g/mol. The van der Waals surface area contributed by atoms with Crippen LogP contribution in [0.5, 0.6) is 0 Å². The van der Waals surface area contributed by atoms with Gasteiger partial charge in [0.05, 0.1) is 24.7 Å². The second-order valence-electron chi connectivity index (χ2n) is 5.71. The largest absolute Gasteiger partial charge is 0.481 e. The zero-order valence-electron chi connectivity index (χ0n) is 12.4. The molecule has 1 aliphatic carbocycles. The molecule has 0 aliphatic heterocycles. The number of carboxylic acid groups (broad SMARTS) is 1. The Balaban J connectivity index is 2.40. The quantitative estimate of drug-likeness (QED) is 0.624. The number of carboxylic acids is 1. The Kier molecular flexibility index (Phi) is 6.78. The third-order valence-electron chi connectivity index (χ3n) is 3.52. The molecule has 0 radical (unpaired) electrons. The van der Waals surface area contributed by atoms with E-state index < -0.39 is 11.5 Å². The average molecular weight is 286 g/mol. The minimum atomic E-state index is -0.865. The van der Waals surface area contributed by atoms with E-state index in [9.17, 15) is 9.59 Å². The molecule has 0 aromatic heterocycles. The summed E-state index contributed by atoms with van der Waals surface area (Å²) >= 11 is 0. The van der Waals surface area contributed by atoms with E-state index in [1.807, 2.05) is 13.8 Å². The smallest absolute Gasteiger partial charge is 0.315 e. The molecule has 0 bridgehead atoms. The molecule has 1 fully saturated rings. The van der Waals surface area contributed by atoms with Gasteiger partial charge in [-0.05, 0) is 26.7 Å². The maximum atomic E-state index is 11.9. The van der Waals surface area contributed by atoms with Gasteiger partial charge < -0.3 is 20.5 Å². The summed E-state index contributed by atoms with van der Waals surface area (Å²) in [7, 11) is 0. The number of aliphatic carboxylic acids is 1. The summed E-state index contributed by atoms with van der Waals surface area (Å²) in [5.74, 6) is -0.865. The van der Waals surface area contributed by atoms with Crippen molar-refractivity contribution in [2.24, 2.45) is 0 Å². The Morgan fingerprint density at radius 1 is 1.25 bits per heavy atom. The molecule has 0 saturated heterocycles. The number of rotatable bonds is 7. The molecule has 6 heteroatoms. The molecule has 2 amide bonds. The zero-order valence-corrected chi connectivity index (χ0v) is 12.4. The molecule has 6 nitrogen and oxygen atoms in total. The first kappa shape index (κ1) is 16.8. The van der Waals surface area contributed by atoms with Crippen LogP contribution in [0.2, 0.25) is 0 Å². The lowest BCUT2D eigenvalue weighted by Gasteiger charge is -2.36. The average Bonchev–Trinajstić information content (AvgIpc) is 2.34. The molecule has 3 N–H and O–H groups in total. The molecular weight excluding hydrogens is 260 g/mol. The number of nitrogens with one attached hydrogen (secondary N) is 2. The molecule has 116 valence electrons. The molecule has 0 atom stereocenters. The van der Waals surface area contributed by atoms with E-state index in [2.05, 4.69) is 10.6 Å². The Hall–Kier alpha value is -1.30. The predicted octanol–water partition coefficient (Wildman–Crippen LogP) is 1.89. The van der Waals surface area contributed by atoms with E-state index in [0.717, 1.165) is 32.1 Å². The molecule has 1 aliphatic rings. The predicted molar refractivity (Wildman–Crippen MR) is 75.7 cm³/mol. The maximum Gasteiger partial charge on any atom is 0.315 e. The fourth-order valence-corrected chi connectivity index (χ4v) is 2.61. The van der Waals surface area contributed by atoms with E-state index in [1.54, 1.807) is 0 Å². The summed E-state index contributed by atoms with van der Waals surface area (Å²) in [4.78, 5) is 22.9. The van der Waals surface area contributed by atoms with Crippen molar-refractivity contribution in [3.05, 3.63) is 0 Å². The number of urea groups is 1. The molecule has 1 saturated carbocycles. The van der Waals surface area contributed by atoms with Crippen LogP contribution in [0.25, 0.3) is 0 Å². The zero-order chi connectivity index (χ0) is 15.0. The summed E-state index contributed by atoms with van der Waals surface area (Å²) in [5.41, 5.74) is -0.590. The van der Waals surface area contributed by atoms with E-state index in [-0.39, 0.29) is 18.6 Å². The van der Waals surface area contributed by atoms with Crippen LogP contribution < -0.4 is 10.6 Å². The van der Waals surface area contributed by atoms with Crippen molar-refractivity contribution in [3.8, 4) is 0 Å². The van der Waals surface area contributed by atoms with Gasteiger partial charge in [0.1, 0.15) is 0 Å². The standard InChI is InChI=1S/C14H26N2O4/c1-11(2)20-9-8-15-13(19)16-14(10-12(17)18)6-4-3-5-7-14/h11H,3-10H2,1-2H3,(H,17,18)(H2,15,16,19). The topological polar surface area (TPSA) is 87.7 Å². The van der Waals surface area contributed by atoms with Crippen LogP contribution in [0, 0.1) is 0 Å². The number of hydrogen-bond donors (Lipinski definition) is 3. The molecule has 0 spiro atoms. The highest BCUT2D eigenvalue weighted by molar-refractivity contribution is 5.76. The van der Waals surface area contributed by atoms with Crippen molar-refractivity contribution in [2.75, 3.05) is 13.2 Å². The highest BCUT2D eigenvalue weighted by Gasteiger charge is 2.35. The van der Waals surface area contributed by atoms with Crippen LogP contribution in [0.4, 0.5) is 4.79 Å². The Labute approximate surface area is 120 Å². The van der Waals surface area contributed by atoms with Crippen LogP contribution in [0.3, 0.4) is 0 Å². The number of amides is 2. The van der Waals surface area contributed by atoms with Gasteiger partial charge in [0.25, 0.3) is 0 Å². The molecule has 0 heterocycles. The molecule has 20 heavy (non-hydrogen) atoms. The second-order valence-corrected chi connectivity index (χ2v) is 5.71. The highest BCUT2D eigenvalue weighted by atomic mass is 16.5. The SMILES string of the molecule is CC(C)OCCNC(=O)NC1(CC(=O)O)CCCCC1. The van der Waals surface area contributed by atoms with Gasteiger partial charge in [-0.2, -0.15) is 0 Å². The van der Waals surface area contributed by atoms with E-state index in [1.165, 1.54) is 0 Å². The van der Waals surface area contributed by atoms with Gasteiger partial charge in [0.15, 0.2) is 0 Å².